The van der Waals surface area contributed by atoms with E-state index < -0.39 is 6.09 Å². The number of carbonyl (C=O) groups is 1. The minimum absolute atomic E-state index is 0.176. The molecule has 0 saturated carbocycles. The highest BCUT2D eigenvalue weighted by atomic mass is 16.5. The van der Waals surface area contributed by atoms with Crippen molar-refractivity contribution in [2.45, 2.75) is 19.1 Å². The number of hydrogen-bond donors (Lipinski definition) is 1. The molecule has 1 unspecified atom stereocenters. The molecule has 3 aromatic carbocycles. The SMILES string of the molecule is O=C(O)N(Cc1ccccc1)CC1Cc2cccc(-c3ccccc3)c2O1. The summed E-state index contributed by atoms with van der Waals surface area (Å²) in [6.07, 6.45) is -0.388. The van der Waals surface area contributed by atoms with Gasteiger partial charge in [-0.3, -0.25) is 0 Å². The highest BCUT2D eigenvalue weighted by Gasteiger charge is 2.28. The van der Waals surface area contributed by atoms with E-state index in [1.54, 1.807) is 0 Å². The zero-order valence-corrected chi connectivity index (χ0v) is 14.9. The van der Waals surface area contributed by atoms with E-state index in [1.165, 1.54) is 4.90 Å². The van der Waals surface area contributed by atoms with Crippen LogP contribution in [-0.4, -0.2) is 28.7 Å². The van der Waals surface area contributed by atoms with Crippen molar-refractivity contribution in [1.82, 2.24) is 4.90 Å². The lowest BCUT2D eigenvalue weighted by molar-refractivity contribution is 0.113. The lowest BCUT2D eigenvalue weighted by Crippen LogP contribution is -2.37. The largest absolute Gasteiger partial charge is 0.487 e. The lowest BCUT2D eigenvalue weighted by atomic mass is 10.0. The highest BCUT2D eigenvalue weighted by Crippen LogP contribution is 2.38. The molecule has 4 heteroatoms. The quantitative estimate of drug-likeness (QED) is 0.709. The zero-order valence-electron chi connectivity index (χ0n) is 14.9. The van der Waals surface area contributed by atoms with Gasteiger partial charge in [0.25, 0.3) is 0 Å². The maximum atomic E-state index is 11.7. The van der Waals surface area contributed by atoms with Crippen molar-refractivity contribution in [3.8, 4) is 16.9 Å². The molecule has 0 saturated heterocycles. The summed E-state index contributed by atoms with van der Waals surface area (Å²) in [6.45, 7) is 0.699. The van der Waals surface area contributed by atoms with Crippen LogP contribution in [0.3, 0.4) is 0 Å². The Morgan fingerprint density at radius 2 is 1.67 bits per heavy atom. The standard InChI is InChI=1S/C23H21NO3/c25-23(26)24(15-17-8-3-1-4-9-17)16-20-14-19-12-7-13-21(22(19)27-20)18-10-5-2-6-11-18/h1-13,20H,14-16H2,(H,25,26). The monoisotopic (exact) mass is 359 g/mol. The van der Waals surface area contributed by atoms with Crippen molar-refractivity contribution in [3.63, 3.8) is 0 Å². The Bertz CT molecular complexity index is 925. The van der Waals surface area contributed by atoms with Gasteiger partial charge in [0.2, 0.25) is 0 Å². The maximum Gasteiger partial charge on any atom is 0.407 e. The molecular formula is C23H21NO3. The number of benzene rings is 3. The third kappa shape index (κ3) is 3.80. The first-order valence-corrected chi connectivity index (χ1v) is 9.06. The second-order valence-electron chi connectivity index (χ2n) is 6.75. The summed E-state index contributed by atoms with van der Waals surface area (Å²) >= 11 is 0. The van der Waals surface area contributed by atoms with Gasteiger partial charge in [0, 0.05) is 18.5 Å². The summed E-state index contributed by atoms with van der Waals surface area (Å²) in [4.78, 5) is 13.1. The lowest BCUT2D eigenvalue weighted by Gasteiger charge is -2.23. The van der Waals surface area contributed by atoms with Gasteiger partial charge in [-0.15, -0.1) is 0 Å². The molecule has 27 heavy (non-hydrogen) atoms. The van der Waals surface area contributed by atoms with E-state index in [-0.39, 0.29) is 6.10 Å². The van der Waals surface area contributed by atoms with E-state index in [2.05, 4.69) is 24.3 Å². The average molecular weight is 359 g/mol. The molecule has 1 heterocycles. The summed E-state index contributed by atoms with van der Waals surface area (Å²) < 4.78 is 6.21. The number of amides is 1. The molecule has 1 amide bonds. The van der Waals surface area contributed by atoms with E-state index in [9.17, 15) is 9.90 Å². The van der Waals surface area contributed by atoms with E-state index in [4.69, 9.17) is 4.74 Å². The Balaban J connectivity index is 1.52. The van der Waals surface area contributed by atoms with Crippen molar-refractivity contribution < 1.29 is 14.6 Å². The van der Waals surface area contributed by atoms with Crippen LogP contribution in [0, 0.1) is 0 Å². The van der Waals surface area contributed by atoms with Crippen LogP contribution in [0.5, 0.6) is 5.75 Å². The number of fused-ring (bicyclic) bond motifs is 1. The summed E-state index contributed by atoms with van der Waals surface area (Å²) in [5.74, 6) is 0.874. The first kappa shape index (κ1) is 17.2. The molecule has 0 bridgehead atoms. The molecule has 1 atom stereocenters. The van der Waals surface area contributed by atoms with Crippen molar-refractivity contribution in [2.75, 3.05) is 6.54 Å². The average Bonchev–Trinajstić information content (AvgIpc) is 3.11. The molecule has 4 nitrogen and oxygen atoms in total. The molecule has 0 radical (unpaired) electrons. The predicted molar refractivity (Wildman–Crippen MR) is 105 cm³/mol. The first-order chi connectivity index (χ1) is 13.2. The van der Waals surface area contributed by atoms with Crippen molar-refractivity contribution >= 4 is 6.09 Å². The fourth-order valence-corrected chi connectivity index (χ4v) is 3.55. The third-order valence-corrected chi connectivity index (χ3v) is 4.82. The van der Waals surface area contributed by atoms with Gasteiger partial charge in [-0.25, -0.2) is 4.79 Å². The van der Waals surface area contributed by atoms with Gasteiger partial charge in [-0.2, -0.15) is 0 Å². The van der Waals surface area contributed by atoms with Gasteiger partial charge in [0.1, 0.15) is 11.9 Å². The third-order valence-electron chi connectivity index (χ3n) is 4.82. The Morgan fingerprint density at radius 3 is 2.37 bits per heavy atom. The summed E-state index contributed by atoms with van der Waals surface area (Å²) in [6, 6.07) is 25.9. The van der Waals surface area contributed by atoms with Crippen molar-refractivity contribution in [3.05, 3.63) is 90.0 Å². The van der Waals surface area contributed by atoms with Gasteiger partial charge >= 0.3 is 6.09 Å². The number of ether oxygens (including phenoxy) is 1. The number of rotatable bonds is 5. The maximum absolute atomic E-state index is 11.7. The van der Waals surface area contributed by atoms with Gasteiger partial charge in [-0.05, 0) is 16.7 Å². The van der Waals surface area contributed by atoms with Gasteiger partial charge in [0.05, 0.1) is 6.54 Å². The molecule has 0 spiro atoms. The molecule has 1 aliphatic heterocycles. The second kappa shape index (κ2) is 7.54. The Labute approximate surface area is 158 Å². The minimum Gasteiger partial charge on any atom is -0.487 e. The van der Waals surface area contributed by atoms with Crippen LogP contribution in [0.4, 0.5) is 4.79 Å². The second-order valence-corrected chi connectivity index (χ2v) is 6.75. The van der Waals surface area contributed by atoms with Gasteiger partial charge in [0.15, 0.2) is 0 Å². The molecule has 0 fully saturated rings. The Morgan fingerprint density at radius 1 is 0.963 bits per heavy atom. The normalized spacial score (nSPS) is 15.0. The van der Waals surface area contributed by atoms with E-state index in [1.807, 2.05) is 54.6 Å². The van der Waals surface area contributed by atoms with Crippen molar-refractivity contribution in [1.29, 1.82) is 0 Å². The molecule has 1 N–H and O–H groups in total. The van der Waals surface area contributed by atoms with E-state index >= 15 is 0 Å². The number of nitrogens with zero attached hydrogens (tertiary/aromatic N) is 1. The van der Waals surface area contributed by atoms with Crippen LogP contribution in [-0.2, 0) is 13.0 Å². The molecule has 0 aromatic heterocycles. The van der Waals surface area contributed by atoms with E-state index in [0.29, 0.717) is 19.5 Å². The zero-order chi connectivity index (χ0) is 18.6. The van der Waals surface area contributed by atoms with Crippen LogP contribution in [0.15, 0.2) is 78.9 Å². The fraction of sp³-hybridized carbons (Fsp3) is 0.174. The van der Waals surface area contributed by atoms with Crippen molar-refractivity contribution in [2.24, 2.45) is 0 Å². The van der Waals surface area contributed by atoms with Crippen LogP contribution < -0.4 is 4.74 Å². The highest BCUT2D eigenvalue weighted by molar-refractivity contribution is 5.73. The minimum atomic E-state index is -0.929. The molecule has 136 valence electrons. The molecule has 4 rings (SSSR count). The van der Waals surface area contributed by atoms with Crippen LogP contribution >= 0.6 is 0 Å². The molecule has 1 aliphatic rings. The smallest absolute Gasteiger partial charge is 0.407 e. The number of hydrogen-bond acceptors (Lipinski definition) is 2. The molecule has 0 aliphatic carbocycles. The summed E-state index contributed by atoms with van der Waals surface area (Å²) in [5.41, 5.74) is 4.27. The van der Waals surface area contributed by atoms with Crippen LogP contribution in [0.1, 0.15) is 11.1 Å². The Kier molecular flexibility index (Phi) is 4.79. The van der Waals surface area contributed by atoms with Crippen LogP contribution in [0.25, 0.3) is 11.1 Å². The summed E-state index contributed by atoms with van der Waals surface area (Å²) in [7, 11) is 0. The predicted octanol–water partition coefficient (Wildman–Crippen LogP) is 4.84. The first-order valence-electron chi connectivity index (χ1n) is 9.06. The van der Waals surface area contributed by atoms with Gasteiger partial charge in [-0.1, -0.05) is 78.9 Å². The number of carboxylic acid groups (broad SMARTS) is 1. The Hall–Kier alpha value is -3.27. The summed E-state index contributed by atoms with van der Waals surface area (Å²) in [5, 5.41) is 9.61. The molecule has 3 aromatic rings. The van der Waals surface area contributed by atoms with Gasteiger partial charge < -0.3 is 14.7 Å². The number of para-hydroxylation sites is 1. The van der Waals surface area contributed by atoms with E-state index in [0.717, 1.165) is 28.0 Å². The fourth-order valence-electron chi connectivity index (χ4n) is 3.55. The topological polar surface area (TPSA) is 49.8 Å². The molecular weight excluding hydrogens is 338 g/mol. The van der Waals surface area contributed by atoms with Crippen LogP contribution in [0.2, 0.25) is 0 Å².